The minimum absolute atomic E-state index is 0.0361. The van der Waals surface area contributed by atoms with E-state index >= 15 is 0 Å². The van der Waals surface area contributed by atoms with Crippen molar-refractivity contribution in [2.75, 3.05) is 47.0 Å². The zero-order valence-corrected chi connectivity index (χ0v) is 16.1. The first-order chi connectivity index (χ1) is 13.0. The Bertz CT molecular complexity index is 791. The van der Waals surface area contributed by atoms with Crippen molar-refractivity contribution in [3.8, 4) is 5.75 Å². The number of furan rings is 1. The van der Waals surface area contributed by atoms with E-state index in [2.05, 4.69) is 30.9 Å². The highest BCUT2D eigenvalue weighted by molar-refractivity contribution is 5.99. The van der Waals surface area contributed by atoms with Crippen LogP contribution in [0.25, 0.3) is 11.0 Å². The molecule has 1 aromatic carbocycles. The number of rotatable bonds is 8. The standard InChI is InChI=1S/C21H28N2O4/c1-4-8-26-18-12-16(13-19-17(18)5-9-27-19)20(24)22-14-21(15-23(2)3)6-10-25-11-7-21/h4-5,9,12-13H,1,6-8,10-11,14-15H2,2-3H3,(H,22,24). The fourth-order valence-corrected chi connectivity index (χ4v) is 3.67. The van der Waals surface area contributed by atoms with Crippen LogP contribution in [0.15, 0.2) is 41.5 Å². The summed E-state index contributed by atoms with van der Waals surface area (Å²) in [7, 11) is 4.13. The molecule has 1 fully saturated rings. The molecule has 2 aromatic rings. The fraction of sp³-hybridized carbons (Fsp3) is 0.476. The Kier molecular flexibility index (Phi) is 6.19. The average molecular weight is 372 g/mol. The number of benzene rings is 1. The maximum absolute atomic E-state index is 12.8. The van der Waals surface area contributed by atoms with E-state index in [0.717, 1.165) is 38.0 Å². The van der Waals surface area contributed by atoms with Crippen LogP contribution in [0.1, 0.15) is 23.2 Å². The summed E-state index contributed by atoms with van der Waals surface area (Å²) in [6.45, 7) is 7.05. The summed E-state index contributed by atoms with van der Waals surface area (Å²) in [5, 5.41) is 3.97. The molecular formula is C21H28N2O4. The smallest absolute Gasteiger partial charge is 0.251 e. The minimum atomic E-state index is -0.124. The molecule has 1 saturated heterocycles. The predicted molar refractivity (Wildman–Crippen MR) is 105 cm³/mol. The zero-order chi connectivity index (χ0) is 19.3. The summed E-state index contributed by atoms with van der Waals surface area (Å²) < 4.78 is 16.7. The molecular weight excluding hydrogens is 344 g/mol. The van der Waals surface area contributed by atoms with Gasteiger partial charge in [0, 0.05) is 37.3 Å². The number of hydrogen-bond acceptors (Lipinski definition) is 5. The lowest BCUT2D eigenvalue weighted by atomic mass is 9.79. The van der Waals surface area contributed by atoms with E-state index in [1.54, 1.807) is 24.5 Å². The van der Waals surface area contributed by atoms with E-state index in [0.29, 0.717) is 30.0 Å². The summed E-state index contributed by atoms with van der Waals surface area (Å²) in [5.74, 6) is 0.502. The zero-order valence-electron chi connectivity index (χ0n) is 16.1. The summed E-state index contributed by atoms with van der Waals surface area (Å²) in [5.41, 5.74) is 1.20. The molecule has 0 saturated carbocycles. The SMILES string of the molecule is C=CCOc1cc(C(=O)NCC2(CN(C)C)CCOCC2)cc2occc12. The molecule has 0 atom stereocenters. The quantitative estimate of drug-likeness (QED) is 0.722. The average Bonchev–Trinajstić information content (AvgIpc) is 3.13. The van der Waals surface area contributed by atoms with Gasteiger partial charge in [0.05, 0.1) is 11.6 Å². The Hall–Kier alpha value is -2.31. The molecule has 1 aliphatic rings. The van der Waals surface area contributed by atoms with Gasteiger partial charge in [-0.1, -0.05) is 12.7 Å². The van der Waals surface area contributed by atoms with Crippen molar-refractivity contribution in [3.05, 3.63) is 42.7 Å². The molecule has 0 spiro atoms. The first kappa shape index (κ1) is 19.5. The van der Waals surface area contributed by atoms with Gasteiger partial charge in [-0.2, -0.15) is 0 Å². The monoisotopic (exact) mass is 372 g/mol. The van der Waals surface area contributed by atoms with E-state index in [-0.39, 0.29) is 11.3 Å². The molecule has 0 aliphatic carbocycles. The van der Waals surface area contributed by atoms with Crippen molar-refractivity contribution in [3.63, 3.8) is 0 Å². The van der Waals surface area contributed by atoms with Crippen molar-refractivity contribution in [2.24, 2.45) is 5.41 Å². The largest absolute Gasteiger partial charge is 0.489 e. The molecule has 0 unspecified atom stereocenters. The Morgan fingerprint density at radius 2 is 2.15 bits per heavy atom. The third-order valence-corrected chi connectivity index (χ3v) is 4.98. The van der Waals surface area contributed by atoms with Crippen molar-refractivity contribution in [2.45, 2.75) is 12.8 Å². The Balaban J connectivity index is 1.75. The fourth-order valence-electron chi connectivity index (χ4n) is 3.67. The van der Waals surface area contributed by atoms with E-state index < -0.39 is 0 Å². The van der Waals surface area contributed by atoms with Gasteiger partial charge in [-0.25, -0.2) is 0 Å². The molecule has 146 valence electrons. The number of hydrogen-bond donors (Lipinski definition) is 1. The number of carbonyl (C=O) groups excluding carboxylic acids is 1. The molecule has 1 amide bonds. The lowest BCUT2D eigenvalue weighted by Crippen LogP contribution is -2.47. The number of amides is 1. The Labute approximate surface area is 160 Å². The first-order valence-electron chi connectivity index (χ1n) is 9.29. The molecule has 1 aromatic heterocycles. The van der Waals surface area contributed by atoms with Gasteiger partial charge in [-0.3, -0.25) is 4.79 Å². The van der Waals surface area contributed by atoms with E-state index in [1.165, 1.54) is 0 Å². The van der Waals surface area contributed by atoms with Gasteiger partial charge >= 0.3 is 0 Å². The van der Waals surface area contributed by atoms with Crippen molar-refractivity contribution in [1.29, 1.82) is 0 Å². The highest BCUT2D eigenvalue weighted by Crippen LogP contribution is 2.31. The maximum atomic E-state index is 12.8. The molecule has 27 heavy (non-hydrogen) atoms. The first-order valence-corrected chi connectivity index (χ1v) is 9.29. The molecule has 1 N–H and O–H groups in total. The van der Waals surface area contributed by atoms with Crippen LogP contribution in [-0.2, 0) is 4.74 Å². The maximum Gasteiger partial charge on any atom is 0.251 e. The second kappa shape index (κ2) is 8.59. The van der Waals surface area contributed by atoms with Gasteiger partial charge < -0.3 is 24.1 Å². The normalized spacial score (nSPS) is 16.4. The van der Waals surface area contributed by atoms with Crippen LogP contribution >= 0.6 is 0 Å². The topological polar surface area (TPSA) is 63.9 Å². The third-order valence-electron chi connectivity index (χ3n) is 4.98. The number of fused-ring (bicyclic) bond motifs is 1. The van der Waals surface area contributed by atoms with Crippen LogP contribution in [0.5, 0.6) is 5.75 Å². The highest BCUT2D eigenvalue weighted by Gasteiger charge is 2.33. The lowest BCUT2D eigenvalue weighted by molar-refractivity contribution is 0.00285. The molecule has 6 nitrogen and oxygen atoms in total. The van der Waals surface area contributed by atoms with Crippen LogP contribution < -0.4 is 10.1 Å². The van der Waals surface area contributed by atoms with Gasteiger partial charge in [0.2, 0.25) is 0 Å². The van der Waals surface area contributed by atoms with Crippen LogP contribution in [0.2, 0.25) is 0 Å². The van der Waals surface area contributed by atoms with Crippen LogP contribution in [0, 0.1) is 5.41 Å². The second-order valence-corrected chi connectivity index (χ2v) is 7.44. The lowest BCUT2D eigenvalue weighted by Gasteiger charge is -2.39. The van der Waals surface area contributed by atoms with E-state index in [9.17, 15) is 4.79 Å². The van der Waals surface area contributed by atoms with E-state index in [4.69, 9.17) is 13.9 Å². The number of nitrogens with zero attached hydrogens (tertiary/aromatic N) is 1. The highest BCUT2D eigenvalue weighted by atomic mass is 16.5. The van der Waals surface area contributed by atoms with Crippen molar-refractivity contribution in [1.82, 2.24) is 10.2 Å². The molecule has 0 radical (unpaired) electrons. The van der Waals surface area contributed by atoms with Crippen LogP contribution in [-0.4, -0.2) is 57.8 Å². The summed E-state index contributed by atoms with van der Waals surface area (Å²) in [6, 6.07) is 5.36. The van der Waals surface area contributed by atoms with Gasteiger partial charge in [0.1, 0.15) is 17.9 Å². The molecule has 2 heterocycles. The molecule has 1 aliphatic heterocycles. The summed E-state index contributed by atoms with van der Waals surface area (Å²) in [4.78, 5) is 15.0. The molecule has 0 bridgehead atoms. The summed E-state index contributed by atoms with van der Waals surface area (Å²) in [6.07, 6.45) is 5.16. The number of nitrogens with one attached hydrogen (secondary N) is 1. The summed E-state index contributed by atoms with van der Waals surface area (Å²) >= 11 is 0. The van der Waals surface area contributed by atoms with Crippen molar-refractivity contribution >= 4 is 16.9 Å². The molecule has 6 heteroatoms. The second-order valence-electron chi connectivity index (χ2n) is 7.44. The minimum Gasteiger partial charge on any atom is -0.489 e. The van der Waals surface area contributed by atoms with Crippen LogP contribution in [0.3, 0.4) is 0 Å². The number of ether oxygens (including phenoxy) is 2. The van der Waals surface area contributed by atoms with Gasteiger partial charge in [0.15, 0.2) is 0 Å². The Morgan fingerprint density at radius 3 is 2.85 bits per heavy atom. The van der Waals surface area contributed by atoms with E-state index in [1.807, 2.05) is 6.07 Å². The van der Waals surface area contributed by atoms with Gasteiger partial charge in [0.25, 0.3) is 5.91 Å². The third kappa shape index (κ3) is 4.70. The predicted octanol–water partition coefficient (Wildman–Crippen LogP) is 3.09. The van der Waals surface area contributed by atoms with Gasteiger partial charge in [-0.05, 0) is 45.1 Å². The number of carbonyl (C=O) groups is 1. The van der Waals surface area contributed by atoms with Crippen molar-refractivity contribution < 1.29 is 18.7 Å². The van der Waals surface area contributed by atoms with Gasteiger partial charge in [-0.15, -0.1) is 0 Å². The van der Waals surface area contributed by atoms with Crippen LogP contribution in [0.4, 0.5) is 0 Å². The Morgan fingerprint density at radius 1 is 1.37 bits per heavy atom. The molecule has 3 rings (SSSR count).